The van der Waals surface area contributed by atoms with Crippen LogP contribution in [0.4, 0.5) is 11.5 Å². The van der Waals surface area contributed by atoms with Crippen molar-refractivity contribution in [2.45, 2.75) is 4.90 Å². The Morgan fingerprint density at radius 2 is 1.50 bits per heavy atom. The summed E-state index contributed by atoms with van der Waals surface area (Å²) in [7, 11) is -3.73. The second kappa shape index (κ2) is 8.81. The SMILES string of the molecule is O=[N+]([O-])c1ccc(S(=O)(=O)N2CCN(c3ccc(-c4cccc5ccccc45)nn3)CC2)cc1. The molecule has 172 valence electrons. The highest BCUT2D eigenvalue weighted by Gasteiger charge is 2.29. The van der Waals surface area contributed by atoms with Gasteiger partial charge >= 0.3 is 0 Å². The summed E-state index contributed by atoms with van der Waals surface area (Å²) in [6, 6.07) is 23.0. The molecule has 1 aliphatic rings. The Morgan fingerprint density at radius 3 is 2.18 bits per heavy atom. The number of aromatic nitrogens is 2. The van der Waals surface area contributed by atoms with Crippen molar-refractivity contribution < 1.29 is 13.3 Å². The first-order chi connectivity index (χ1) is 16.4. The first kappa shape index (κ1) is 21.9. The molecule has 3 aromatic carbocycles. The van der Waals surface area contributed by atoms with E-state index in [9.17, 15) is 18.5 Å². The Bertz CT molecular complexity index is 1440. The van der Waals surface area contributed by atoms with Gasteiger partial charge in [0.15, 0.2) is 5.82 Å². The third-order valence-electron chi connectivity index (χ3n) is 5.96. The minimum absolute atomic E-state index is 0.0470. The standard InChI is InChI=1S/C24H21N5O4S/c30-29(31)19-8-10-20(11-9-19)34(32,33)28-16-14-27(15-17-28)24-13-12-23(25-26-24)22-7-3-5-18-4-1-2-6-21(18)22/h1-13H,14-17H2. The van der Waals surface area contributed by atoms with Crippen LogP contribution in [0.2, 0.25) is 0 Å². The lowest BCUT2D eigenvalue weighted by Crippen LogP contribution is -2.48. The molecule has 0 bridgehead atoms. The average molecular weight is 476 g/mol. The number of hydrogen-bond acceptors (Lipinski definition) is 7. The number of non-ortho nitro benzene ring substituents is 1. The van der Waals surface area contributed by atoms with E-state index in [4.69, 9.17) is 0 Å². The van der Waals surface area contributed by atoms with E-state index in [2.05, 4.69) is 28.4 Å². The smallest absolute Gasteiger partial charge is 0.269 e. The molecule has 0 saturated carbocycles. The van der Waals surface area contributed by atoms with Crippen LogP contribution in [0.3, 0.4) is 0 Å². The van der Waals surface area contributed by atoms with Gasteiger partial charge in [-0.1, -0.05) is 42.5 Å². The molecule has 1 aliphatic heterocycles. The van der Waals surface area contributed by atoms with E-state index in [1.165, 1.54) is 28.6 Å². The fourth-order valence-corrected chi connectivity index (χ4v) is 5.55. The Labute approximate surface area is 196 Å². The number of benzene rings is 3. The van der Waals surface area contributed by atoms with Crippen molar-refractivity contribution in [3.63, 3.8) is 0 Å². The van der Waals surface area contributed by atoms with Crippen LogP contribution in [0.5, 0.6) is 0 Å². The Hall–Kier alpha value is -3.89. The second-order valence-electron chi connectivity index (χ2n) is 7.95. The van der Waals surface area contributed by atoms with E-state index in [1.54, 1.807) is 0 Å². The molecule has 1 saturated heterocycles. The molecule has 0 radical (unpaired) electrons. The van der Waals surface area contributed by atoms with E-state index in [1.807, 2.05) is 41.3 Å². The van der Waals surface area contributed by atoms with Gasteiger partial charge in [0.25, 0.3) is 5.69 Å². The van der Waals surface area contributed by atoms with Gasteiger partial charge in [-0.15, -0.1) is 10.2 Å². The van der Waals surface area contributed by atoms with Gasteiger partial charge in [0.1, 0.15) is 0 Å². The first-order valence-corrected chi connectivity index (χ1v) is 12.2. The van der Waals surface area contributed by atoms with Gasteiger partial charge in [0.05, 0.1) is 15.5 Å². The number of fused-ring (bicyclic) bond motifs is 1. The van der Waals surface area contributed by atoms with E-state index in [0.29, 0.717) is 18.9 Å². The van der Waals surface area contributed by atoms with Crippen LogP contribution in [0.1, 0.15) is 0 Å². The summed E-state index contributed by atoms with van der Waals surface area (Å²) in [5.41, 5.74) is 1.64. The van der Waals surface area contributed by atoms with Crippen LogP contribution < -0.4 is 4.90 Å². The van der Waals surface area contributed by atoms with E-state index >= 15 is 0 Å². The molecule has 0 unspecified atom stereocenters. The van der Waals surface area contributed by atoms with Crippen LogP contribution in [0.15, 0.2) is 83.8 Å². The lowest BCUT2D eigenvalue weighted by molar-refractivity contribution is -0.384. The van der Waals surface area contributed by atoms with Gasteiger partial charge in [-0.3, -0.25) is 10.1 Å². The molecule has 0 spiro atoms. The molecule has 10 heteroatoms. The Morgan fingerprint density at radius 1 is 0.794 bits per heavy atom. The Balaban J connectivity index is 1.29. The summed E-state index contributed by atoms with van der Waals surface area (Å²) in [5.74, 6) is 0.691. The maximum Gasteiger partial charge on any atom is 0.269 e. The van der Waals surface area contributed by atoms with Crippen LogP contribution in [-0.4, -0.2) is 54.0 Å². The van der Waals surface area contributed by atoms with Gasteiger partial charge in [-0.2, -0.15) is 4.31 Å². The molecule has 4 aromatic rings. The normalized spacial score (nSPS) is 14.9. The van der Waals surface area contributed by atoms with Crippen LogP contribution in [0.25, 0.3) is 22.0 Å². The molecule has 9 nitrogen and oxygen atoms in total. The molecule has 34 heavy (non-hydrogen) atoms. The number of rotatable bonds is 5. The predicted molar refractivity (Wildman–Crippen MR) is 129 cm³/mol. The predicted octanol–water partition coefficient (Wildman–Crippen LogP) is 3.72. The highest BCUT2D eigenvalue weighted by molar-refractivity contribution is 7.89. The summed E-state index contributed by atoms with van der Waals surface area (Å²) in [6.45, 7) is 1.50. The van der Waals surface area contributed by atoms with Crippen molar-refractivity contribution in [2.75, 3.05) is 31.1 Å². The van der Waals surface area contributed by atoms with Gasteiger partial charge in [0, 0.05) is 43.9 Å². The maximum atomic E-state index is 12.9. The minimum Gasteiger partial charge on any atom is -0.352 e. The zero-order valence-electron chi connectivity index (χ0n) is 18.1. The zero-order chi connectivity index (χ0) is 23.7. The van der Waals surface area contributed by atoms with Crippen molar-refractivity contribution in [1.82, 2.24) is 14.5 Å². The molecule has 5 rings (SSSR count). The highest BCUT2D eigenvalue weighted by Crippen LogP contribution is 2.28. The van der Waals surface area contributed by atoms with Crippen molar-refractivity contribution in [1.29, 1.82) is 0 Å². The summed E-state index contributed by atoms with van der Waals surface area (Å²) in [6.07, 6.45) is 0. The molecule has 1 fully saturated rings. The second-order valence-corrected chi connectivity index (χ2v) is 9.88. The summed E-state index contributed by atoms with van der Waals surface area (Å²) in [5, 5.41) is 21.9. The molecule has 0 aliphatic carbocycles. The highest BCUT2D eigenvalue weighted by atomic mass is 32.2. The average Bonchev–Trinajstić information content (AvgIpc) is 2.88. The number of piperazine rings is 1. The van der Waals surface area contributed by atoms with Crippen molar-refractivity contribution in [3.05, 3.63) is 89.0 Å². The van der Waals surface area contributed by atoms with Crippen LogP contribution in [0, 0.1) is 10.1 Å². The molecule has 2 heterocycles. The number of nitro groups is 1. The quantitative estimate of drug-likeness (QED) is 0.320. The van der Waals surface area contributed by atoms with Crippen molar-refractivity contribution in [2.24, 2.45) is 0 Å². The van der Waals surface area contributed by atoms with E-state index < -0.39 is 14.9 Å². The minimum atomic E-state index is -3.73. The third kappa shape index (κ3) is 4.09. The van der Waals surface area contributed by atoms with Gasteiger partial charge < -0.3 is 4.90 Å². The van der Waals surface area contributed by atoms with Gasteiger partial charge in [-0.25, -0.2) is 8.42 Å². The summed E-state index contributed by atoms with van der Waals surface area (Å²) in [4.78, 5) is 12.3. The maximum absolute atomic E-state index is 12.9. The van der Waals surface area contributed by atoms with Crippen molar-refractivity contribution >= 4 is 32.3 Å². The lowest BCUT2D eigenvalue weighted by Gasteiger charge is -2.34. The monoisotopic (exact) mass is 475 g/mol. The fraction of sp³-hybridized carbons (Fsp3) is 0.167. The van der Waals surface area contributed by atoms with Gasteiger partial charge in [0.2, 0.25) is 10.0 Å². The molecule has 1 aromatic heterocycles. The molecule has 0 amide bonds. The molecule has 0 atom stereocenters. The molecule has 0 N–H and O–H groups in total. The van der Waals surface area contributed by atoms with E-state index in [0.717, 1.165) is 22.0 Å². The third-order valence-corrected chi connectivity index (χ3v) is 7.88. The largest absolute Gasteiger partial charge is 0.352 e. The van der Waals surface area contributed by atoms with Gasteiger partial charge in [-0.05, 0) is 35.0 Å². The van der Waals surface area contributed by atoms with Crippen LogP contribution in [-0.2, 0) is 10.0 Å². The molecular weight excluding hydrogens is 454 g/mol. The number of sulfonamides is 1. The number of nitrogens with zero attached hydrogens (tertiary/aromatic N) is 5. The summed E-state index contributed by atoms with van der Waals surface area (Å²) < 4.78 is 27.3. The zero-order valence-corrected chi connectivity index (χ0v) is 18.9. The first-order valence-electron chi connectivity index (χ1n) is 10.7. The number of hydrogen-bond donors (Lipinski definition) is 0. The topological polar surface area (TPSA) is 110 Å². The molecular formula is C24H21N5O4S. The van der Waals surface area contributed by atoms with Crippen molar-refractivity contribution in [3.8, 4) is 11.3 Å². The van der Waals surface area contributed by atoms with Crippen LogP contribution >= 0.6 is 0 Å². The fourth-order valence-electron chi connectivity index (χ4n) is 4.13. The summed E-state index contributed by atoms with van der Waals surface area (Å²) >= 11 is 0. The number of anilines is 1. The lowest BCUT2D eigenvalue weighted by atomic mass is 10.0. The number of nitro benzene ring substituents is 1. The van der Waals surface area contributed by atoms with E-state index in [-0.39, 0.29) is 23.7 Å². The Kier molecular flexibility index (Phi) is 5.68.